The predicted octanol–water partition coefficient (Wildman–Crippen LogP) is 4.38. The molecule has 7 heteroatoms. The normalized spacial score (nSPS) is 16.2. The number of carbonyl (C=O) groups is 2. The van der Waals surface area contributed by atoms with Crippen molar-refractivity contribution in [2.75, 3.05) is 16.3 Å². The topological polar surface area (TPSA) is 78.7 Å². The molecule has 170 valence electrons. The summed E-state index contributed by atoms with van der Waals surface area (Å²) in [5, 5.41) is 0. The van der Waals surface area contributed by atoms with E-state index in [1.54, 1.807) is 24.3 Å². The van der Waals surface area contributed by atoms with E-state index in [0.29, 0.717) is 35.9 Å². The Morgan fingerprint density at radius 2 is 1.61 bits per heavy atom. The Labute approximate surface area is 192 Å². The van der Waals surface area contributed by atoms with Crippen LogP contribution in [0.3, 0.4) is 0 Å². The van der Waals surface area contributed by atoms with E-state index < -0.39 is 23.7 Å². The van der Waals surface area contributed by atoms with Gasteiger partial charge in [0.15, 0.2) is 6.04 Å². The summed E-state index contributed by atoms with van der Waals surface area (Å²) < 4.78 is 14.1. The fourth-order valence-corrected chi connectivity index (χ4v) is 3.81. The first kappa shape index (κ1) is 22.6. The Kier molecular flexibility index (Phi) is 6.53. The number of para-hydroxylation sites is 1. The van der Waals surface area contributed by atoms with Gasteiger partial charge in [-0.15, -0.1) is 0 Å². The molecule has 0 saturated carbocycles. The van der Waals surface area contributed by atoms with Gasteiger partial charge in [0.2, 0.25) is 0 Å². The van der Waals surface area contributed by atoms with Gasteiger partial charge in [-0.3, -0.25) is 20.3 Å². The van der Waals surface area contributed by atoms with Crippen LogP contribution in [0.15, 0.2) is 72.8 Å². The van der Waals surface area contributed by atoms with E-state index in [9.17, 15) is 14.0 Å². The lowest BCUT2D eigenvalue weighted by molar-refractivity contribution is -0.128. The van der Waals surface area contributed by atoms with Crippen LogP contribution < -0.4 is 21.1 Å². The van der Waals surface area contributed by atoms with Crippen LogP contribution in [0.1, 0.15) is 20.3 Å². The molecule has 1 aliphatic heterocycles. The maximum Gasteiger partial charge on any atom is 0.259 e. The third-order valence-corrected chi connectivity index (χ3v) is 5.67. The number of anilines is 3. The summed E-state index contributed by atoms with van der Waals surface area (Å²) in [5.41, 5.74) is 6.57. The highest BCUT2D eigenvalue weighted by molar-refractivity contribution is 6.22. The molecule has 2 aromatic carbocycles. The quantitative estimate of drug-likeness (QED) is 0.271. The summed E-state index contributed by atoms with van der Waals surface area (Å²) in [5.74, 6) is 4.42. The SMILES string of the molecule is CC(C)CCN1C(=O)C(NN)C(=O)N(c2ccccc2)c2ccc(F)cc21.c1cc2cc-2c1. The number of hydrazine groups is 1. The van der Waals surface area contributed by atoms with Gasteiger partial charge in [0, 0.05) is 12.2 Å². The van der Waals surface area contributed by atoms with E-state index in [1.807, 2.05) is 19.9 Å². The number of halogens is 1. The minimum Gasteiger partial charge on any atom is -0.308 e. The van der Waals surface area contributed by atoms with E-state index in [2.05, 4.69) is 29.7 Å². The molecule has 2 aromatic rings. The van der Waals surface area contributed by atoms with Crippen molar-refractivity contribution >= 4 is 28.9 Å². The number of amides is 2. The summed E-state index contributed by atoms with van der Waals surface area (Å²) in [6.45, 7) is 4.44. The first-order valence-electron chi connectivity index (χ1n) is 11.0. The molecule has 2 aliphatic carbocycles. The second kappa shape index (κ2) is 9.52. The second-order valence-corrected chi connectivity index (χ2v) is 8.50. The van der Waals surface area contributed by atoms with Crippen LogP contribution in [-0.2, 0) is 9.59 Å². The molecule has 0 aromatic heterocycles. The van der Waals surface area contributed by atoms with Crippen molar-refractivity contribution in [2.45, 2.75) is 26.3 Å². The summed E-state index contributed by atoms with van der Waals surface area (Å²) in [6.07, 6.45) is 0.707. The highest BCUT2D eigenvalue weighted by Crippen LogP contribution is 2.38. The van der Waals surface area contributed by atoms with Crippen LogP contribution in [0.2, 0.25) is 0 Å². The third kappa shape index (κ3) is 4.79. The standard InChI is InChI=1S/C20H23FN4O2.C6H4/c1-13(2)10-11-24-17-12-14(21)8-9-16(17)25(15-6-4-3-5-7-15)20(27)18(23-22)19(24)26;1-2-5-4-6(5)3-1/h3-9,12-13,18,23H,10-11,22H2,1-2H3;1-4H. The minimum absolute atomic E-state index is 0.336. The van der Waals surface area contributed by atoms with Gasteiger partial charge in [0.05, 0.1) is 11.4 Å². The van der Waals surface area contributed by atoms with E-state index in [1.165, 1.54) is 39.1 Å². The molecule has 1 atom stereocenters. The van der Waals surface area contributed by atoms with Crippen LogP contribution >= 0.6 is 0 Å². The fourth-order valence-electron chi connectivity index (χ4n) is 3.81. The summed E-state index contributed by atoms with van der Waals surface area (Å²) in [7, 11) is 0. The predicted molar refractivity (Wildman–Crippen MR) is 128 cm³/mol. The van der Waals surface area contributed by atoms with Crippen molar-refractivity contribution < 1.29 is 14.0 Å². The molecule has 2 amide bonds. The van der Waals surface area contributed by atoms with E-state index >= 15 is 0 Å². The zero-order valence-corrected chi connectivity index (χ0v) is 18.7. The smallest absolute Gasteiger partial charge is 0.259 e. The monoisotopic (exact) mass is 446 g/mol. The summed E-state index contributed by atoms with van der Waals surface area (Å²) in [4.78, 5) is 29.1. The number of carbonyl (C=O) groups excluding carboxylic acids is 2. The highest BCUT2D eigenvalue weighted by Gasteiger charge is 2.40. The molecule has 6 nitrogen and oxygen atoms in total. The Balaban J connectivity index is 0.000000367. The average Bonchev–Trinajstić information content (AvgIpc) is 3.42. The molecule has 0 radical (unpaired) electrons. The molecule has 0 saturated heterocycles. The lowest BCUT2D eigenvalue weighted by Gasteiger charge is -2.26. The van der Waals surface area contributed by atoms with Crippen LogP contribution in [0.5, 0.6) is 0 Å². The number of nitrogens with zero attached hydrogens (tertiary/aromatic N) is 2. The van der Waals surface area contributed by atoms with Gasteiger partial charge in [-0.05, 0) is 59.9 Å². The van der Waals surface area contributed by atoms with Crippen LogP contribution in [0, 0.1) is 11.7 Å². The zero-order valence-electron chi connectivity index (χ0n) is 18.7. The first-order valence-corrected chi connectivity index (χ1v) is 11.0. The second-order valence-electron chi connectivity index (χ2n) is 8.50. The van der Waals surface area contributed by atoms with Gasteiger partial charge in [-0.1, -0.05) is 50.2 Å². The Hall–Kier alpha value is -3.55. The third-order valence-electron chi connectivity index (χ3n) is 5.67. The van der Waals surface area contributed by atoms with Crippen molar-refractivity contribution in [1.82, 2.24) is 5.43 Å². The van der Waals surface area contributed by atoms with Gasteiger partial charge in [0.25, 0.3) is 11.8 Å². The van der Waals surface area contributed by atoms with Crippen LogP contribution in [-0.4, -0.2) is 24.4 Å². The minimum atomic E-state index is -1.26. The molecule has 5 rings (SSSR count). The van der Waals surface area contributed by atoms with Crippen molar-refractivity contribution in [3.63, 3.8) is 0 Å². The number of fused-ring (bicyclic) bond motifs is 2. The Bertz CT molecular complexity index is 1150. The molecular formula is C26H27FN4O2. The molecule has 0 spiro atoms. The van der Waals surface area contributed by atoms with E-state index in [-0.39, 0.29) is 0 Å². The first-order chi connectivity index (χ1) is 15.9. The number of hydrogen-bond donors (Lipinski definition) is 2. The van der Waals surface area contributed by atoms with Crippen molar-refractivity contribution in [3.05, 3.63) is 78.6 Å². The molecule has 3 aliphatic rings. The van der Waals surface area contributed by atoms with Gasteiger partial charge in [0.1, 0.15) is 5.82 Å². The number of nitrogens with one attached hydrogen (secondary N) is 1. The van der Waals surface area contributed by atoms with Gasteiger partial charge in [-0.2, -0.15) is 0 Å². The number of nitrogens with two attached hydrogens (primary N) is 1. The maximum absolute atomic E-state index is 14.1. The molecule has 0 bridgehead atoms. The molecule has 33 heavy (non-hydrogen) atoms. The van der Waals surface area contributed by atoms with E-state index in [0.717, 1.165) is 0 Å². The Morgan fingerprint density at radius 3 is 2.15 bits per heavy atom. The lowest BCUT2D eigenvalue weighted by Crippen LogP contribution is -2.55. The summed E-state index contributed by atoms with van der Waals surface area (Å²) in [6, 6.07) is 20.2. The molecule has 3 N–H and O–H groups in total. The number of hydrogen-bond acceptors (Lipinski definition) is 4. The summed E-state index contributed by atoms with van der Waals surface area (Å²) >= 11 is 0. The molecule has 0 fully saturated rings. The van der Waals surface area contributed by atoms with Gasteiger partial charge < -0.3 is 4.90 Å². The average molecular weight is 447 g/mol. The number of benzene rings is 3. The van der Waals surface area contributed by atoms with Crippen molar-refractivity contribution in [1.29, 1.82) is 0 Å². The molecule has 1 unspecified atom stereocenters. The van der Waals surface area contributed by atoms with Crippen LogP contribution in [0.25, 0.3) is 11.1 Å². The van der Waals surface area contributed by atoms with Gasteiger partial charge in [-0.25, -0.2) is 9.82 Å². The van der Waals surface area contributed by atoms with Crippen LogP contribution in [0.4, 0.5) is 21.5 Å². The zero-order chi connectivity index (χ0) is 23.5. The van der Waals surface area contributed by atoms with Gasteiger partial charge >= 0.3 is 0 Å². The maximum atomic E-state index is 14.1. The molecular weight excluding hydrogens is 419 g/mol. The fraction of sp³-hybridized carbons (Fsp3) is 0.231. The lowest BCUT2D eigenvalue weighted by atomic mass is 10.1. The van der Waals surface area contributed by atoms with E-state index in [4.69, 9.17) is 5.84 Å². The number of rotatable bonds is 5. The van der Waals surface area contributed by atoms with Crippen molar-refractivity contribution in [2.24, 2.45) is 11.8 Å². The highest BCUT2D eigenvalue weighted by atomic mass is 19.1. The Morgan fingerprint density at radius 1 is 0.909 bits per heavy atom. The molecule has 1 heterocycles. The largest absolute Gasteiger partial charge is 0.308 e. The van der Waals surface area contributed by atoms with Crippen molar-refractivity contribution in [3.8, 4) is 11.1 Å².